The Bertz CT molecular complexity index is 204. The predicted molar refractivity (Wildman–Crippen MR) is 66.5 cm³/mol. The average molecular weight is 226 g/mol. The van der Waals surface area contributed by atoms with Crippen LogP contribution < -0.4 is 5.32 Å². The lowest BCUT2D eigenvalue weighted by molar-refractivity contribution is 0.170. The first-order valence-corrected chi connectivity index (χ1v) is 6.88. The third-order valence-electron chi connectivity index (χ3n) is 4.07. The molecule has 1 aliphatic carbocycles. The molecule has 0 radical (unpaired) electrons. The first-order valence-electron chi connectivity index (χ1n) is 6.88. The van der Waals surface area contributed by atoms with Crippen molar-refractivity contribution in [2.75, 3.05) is 26.2 Å². The van der Waals surface area contributed by atoms with Gasteiger partial charge in [0.15, 0.2) is 0 Å². The second-order valence-electron chi connectivity index (χ2n) is 5.61. The van der Waals surface area contributed by atoms with Gasteiger partial charge in [0.1, 0.15) is 0 Å². The number of rotatable bonds is 3. The molecule has 0 aromatic heterocycles. The number of nitrogens with one attached hydrogen (secondary N) is 1. The molecule has 1 heterocycles. The zero-order chi connectivity index (χ0) is 11.4. The lowest BCUT2D eigenvalue weighted by Gasteiger charge is -2.30. The molecule has 3 nitrogen and oxygen atoms in total. The van der Waals surface area contributed by atoms with Crippen molar-refractivity contribution in [3.8, 4) is 0 Å². The molecular weight excluding hydrogens is 200 g/mol. The first-order chi connectivity index (χ1) is 7.79. The molecule has 0 spiro atoms. The zero-order valence-corrected chi connectivity index (χ0v) is 10.5. The Morgan fingerprint density at radius 1 is 1.25 bits per heavy atom. The highest BCUT2D eigenvalue weighted by Gasteiger charge is 2.28. The van der Waals surface area contributed by atoms with Gasteiger partial charge in [-0.3, -0.25) is 4.90 Å². The van der Waals surface area contributed by atoms with Crippen LogP contribution >= 0.6 is 0 Å². The fourth-order valence-electron chi connectivity index (χ4n) is 3.17. The Morgan fingerprint density at radius 3 is 2.69 bits per heavy atom. The molecule has 94 valence electrons. The SMILES string of the molecule is CC1CNC(CCO)CN(C2CCCC2)C1. The molecule has 2 fully saturated rings. The van der Waals surface area contributed by atoms with Gasteiger partial charge < -0.3 is 10.4 Å². The van der Waals surface area contributed by atoms with Crippen LogP contribution in [0.3, 0.4) is 0 Å². The predicted octanol–water partition coefficient (Wildman–Crippen LogP) is 1.22. The highest BCUT2D eigenvalue weighted by Crippen LogP contribution is 2.25. The summed E-state index contributed by atoms with van der Waals surface area (Å²) in [5, 5.41) is 12.7. The van der Waals surface area contributed by atoms with Gasteiger partial charge >= 0.3 is 0 Å². The molecule has 2 aliphatic rings. The molecule has 2 unspecified atom stereocenters. The first kappa shape index (κ1) is 12.3. The Morgan fingerprint density at radius 2 is 2.00 bits per heavy atom. The molecule has 0 bridgehead atoms. The molecule has 2 rings (SSSR count). The van der Waals surface area contributed by atoms with Crippen molar-refractivity contribution in [3.63, 3.8) is 0 Å². The van der Waals surface area contributed by atoms with E-state index in [2.05, 4.69) is 17.1 Å². The van der Waals surface area contributed by atoms with Crippen LogP contribution in [0.25, 0.3) is 0 Å². The molecule has 2 N–H and O–H groups in total. The summed E-state index contributed by atoms with van der Waals surface area (Å²) in [5.41, 5.74) is 0. The number of aliphatic hydroxyl groups is 1. The van der Waals surface area contributed by atoms with Gasteiger partial charge in [-0.15, -0.1) is 0 Å². The van der Waals surface area contributed by atoms with Crippen LogP contribution in [0.2, 0.25) is 0 Å². The van der Waals surface area contributed by atoms with E-state index in [1.165, 1.54) is 32.2 Å². The molecule has 0 amide bonds. The Hall–Kier alpha value is -0.120. The zero-order valence-electron chi connectivity index (χ0n) is 10.5. The maximum Gasteiger partial charge on any atom is 0.0446 e. The van der Waals surface area contributed by atoms with E-state index in [1.807, 2.05) is 0 Å². The second kappa shape index (κ2) is 5.99. The van der Waals surface area contributed by atoms with E-state index >= 15 is 0 Å². The molecule has 1 saturated carbocycles. The summed E-state index contributed by atoms with van der Waals surface area (Å²) < 4.78 is 0. The molecule has 16 heavy (non-hydrogen) atoms. The molecule has 0 aromatic carbocycles. The summed E-state index contributed by atoms with van der Waals surface area (Å²) in [6, 6.07) is 1.32. The fraction of sp³-hybridized carbons (Fsp3) is 1.00. The summed E-state index contributed by atoms with van der Waals surface area (Å²) >= 11 is 0. The second-order valence-corrected chi connectivity index (χ2v) is 5.61. The van der Waals surface area contributed by atoms with Crippen LogP contribution in [0.1, 0.15) is 39.0 Å². The van der Waals surface area contributed by atoms with E-state index in [0.717, 1.165) is 31.5 Å². The maximum absolute atomic E-state index is 9.07. The molecule has 0 aromatic rings. The molecular formula is C13H26N2O. The van der Waals surface area contributed by atoms with Gasteiger partial charge in [0.2, 0.25) is 0 Å². The van der Waals surface area contributed by atoms with E-state index in [-0.39, 0.29) is 0 Å². The van der Waals surface area contributed by atoms with Crippen molar-refractivity contribution in [2.45, 2.75) is 51.1 Å². The highest BCUT2D eigenvalue weighted by molar-refractivity contribution is 4.85. The summed E-state index contributed by atoms with van der Waals surface area (Å²) in [4.78, 5) is 2.68. The molecule has 1 saturated heterocycles. The summed E-state index contributed by atoms with van der Waals surface area (Å²) in [5.74, 6) is 0.740. The van der Waals surface area contributed by atoms with E-state index < -0.39 is 0 Å². The maximum atomic E-state index is 9.07. The van der Waals surface area contributed by atoms with Gasteiger partial charge in [-0.1, -0.05) is 19.8 Å². The van der Waals surface area contributed by atoms with E-state index in [4.69, 9.17) is 5.11 Å². The minimum absolute atomic E-state index is 0.310. The minimum Gasteiger partial charge on any atom is -0.396 e. The van der Waals surface area contributed by atoms with Gasteiger partial charge in [-0.05, 0) is 31.7 Å². The average Bonchev–Trinajstić information content (AvgIpc) is 2.72. The van der Waals surface area contributed by atoms with Crippen LogP contribution in [-0.4, -0.2) is 48.3 Å². The third kappa shape index (κ3) is 3.19. The standard InChI is InChI=1S/C13H26N2O/c1-11-8-14-12(6-7-16)10-15(9-11)13-4-2-3-5-13/h11-14,16H,2-10H2,1H3. The largest absolute Gasteiger partial charge is 0.396 e. The molecule has 3 heteroatoms. The number of hydrogen-bond acceptors (Lipinski definition) is 3. The van der Waals surface area contributed by atoms with Gasteiger partial charge in [0, 0.05) is 31.8 Å². The minimum atomic E-state index is 0.310. The summed E-state index contributed by atoms with van der Waals surface area (Å²) in [7, 11) is 0. The highest BCUT2D eigenvalue weighted by atomic mass is 16.3. The van der Waals surface area contributed by atoms with Crippen LogP contribution in [0.4, 0.5) is 0 Å². The number of nitrogens with zero attached hydrogens (tertiary/aromatic N) is 1. The van der Waals surface area contributed by atoms with Gasteiger partial charge in [-0.2, -0.15) is 0 Å². The Kier molecular flexibility index (Phi) is 4.62. The fourth-order valence-corrected chi connectivity index (χ4v) is 3.17. The van der Waals surface area contributed by atoms with E-state index in [0.29, 0.717) is 12.6 Å². The Labute approximate surface area is 99.2 Å². The summed E-state index contributed by atoms with van der Waals surface area (Å²) in [6.07, 6.45) is 6.49. The monoisotopic (exact) mass is 226 g/mol. The van der Waals surface area contributed by atoms with Crippen molar-refractivity contribution in [3.05, 3.63) is 0 Å². The van der Waals surface area contributed by atoms with Gasteiger partial charge in [0.05, 0.1) is 0 Å². The summed E-state index contributed by atoms with van der Waals surface area (Å²) in [6.45, 7) is 6.11. The quantitative estimate of drug-likeness (QED) is 0.759. The van der Waals surface area contributed by atoms with Crippen molar-refractivity contribution >= 4 is 0 Å². The van der Waals surface area contributed by atoms with Gasteiger partial charge in [0.25, 0.3) is 0 Å². The van der Waals surface area contributed by atoms with Crippen molar-refractivity contribution < 1.29 is 5.11 Å². The smallest absolute Gasteiger partial charge is 0.0446 e. The Balaban J connectivity index is 1.92. The number of aliphatic hydroxyl groups excluding tert-OH is 1. The van der Waals surface area contributed by atoms with Crippen LogP contribution in [-0.2, 0) is 0 Å². The van der Waals surface area contributed by atoms with Crippen LogP contribution in [0.15, 0.2) is 0 Å². The molecule has 1 aliphatic heterocycles. The van der Waals surface area contributed by atoms with Crippen molar-refractivity contribution in [2.24, 2.45) is 5.92 Å². The topological polar surface area (TPSA) is 35.5 Å². The normalized spacial score (nSPS) is 34.1. The van der Waals surface area contributed by atoms with E-state index in [1.54, 1.807) is 0 Å². The van der Waals surface area contributed by atoms with Crippen molar-refractivity contribution in [1.82, 2.24) is 10.2 Å². The van der Waals surface area contributed by atoms with Crippen LogP contribution in [0, 0.1) is 5.92 Å². The number of hydrogen-bond donors (Lipinski definition) is 2. The third-order valence-corrected chi connectivity index (χ3v) is 4.07. The molecule has 2 atom stereocenters. The van der Waals surface area contributed by atoms with Crippen LogP contribution in [0.5, 0.6) is 0 Å². The lowest BCUT2D eigenvalue weighted by Crippen LogP contribution is -2.42. The van der Waals surface area contributed by atoms with Crippen molar-refractivity contribution in [1.29, 1.82) is 0 Å². The van der Waals surface area contributed by atoms with E-state index in [9.17, 15) is 0 Å². The van der Waals surface area contributed by atoms with Gasteiger partial charge in [-0.25, -0.2) is 0 Å². The lowest BCUT2D eigenvalue weighted by atomic mass is 10.1.